The Bertz CT molecular complexity index is 158. The molecule has 0 unspecified atom stereocenters. The van der Waals surface area contributed by atoms with Crippen LogP contribution in [0.1, 0.15) is 27.7 Å². The quantitative estimate of drug-likeness (QED) is 0.550. The Kier molecular flexibility index (Phi) is 5.13. The van der Waals surface area contributed by atoms with Gasteiger partial charge in [0.25, 0.3) is 0 Å². The molecule has 0 aromatic carbocycles. The van der Waals surface area contributed by atoms with Crippen LogP contribution in [0.3, 0.4) is 0 Å². The Hall–Kier alpha value is 0.0900. The SMILES string of the molecule is C=CC[PH](C)(O)N(C(C)C)C(C)C. The monoisotopic (exact) mass is 205 g/mol. The maximum atomic E-state index is 10.3. The second-order valence-corrected chi connectivity index (χ2v) is 7.66. The Morgan fingerprint density at radius 3 is 1.92 bits per heavy atom. The Labute approximate surface area is 83.1 Å². The number of allylic oxidation sites excluding steroid dienone is 1. The Morgan fingerprint density at radius 2 is 1.69 bits per heavy atom. The molecule has 0 amide bonds. The van der Waals surface area contributed by atoms with Gasteiger partial charge in [-0.2, -0.15) is 0 Å². The van der Waals surface area contributed by atoms with Crippen molar-refractivity contribution in [1.29, 1.82) is 0 Å². The van der Waals surface area contributed by atoms with Gasteiger partial charge in [-0.15, -0.1) is 0 Å². The normalized spacial score (nSPS) is 14.2. The fraction of sp³-hybridized carbons (Fsp3) is 0.800. The number of nitrogens with zero attached hydrogens (tertiary/aromatic N) is 1. The van der Waals surface area contributed by atoms with E-state index in [1.54, 1.807) is 0 Å². The molecule has 3 heteroatoms. The van der Waals surface area contributed by atoms with Gasteiger partial charge in [0, 0.05) is 0 Å². The molecule has 0 radical (unpaired) electrons. The van der Waals surface area contributed by atoms with Crippen LogP contribution in [-0.4, -0.2) is 34.5 Å². The van der Waals surface area contributed by atoms with Crippen LogP contribution >= 0.6 is 7.64 Å². The van der Waals surface area contributed by atoms with Gasteiger partial charge in [0.1, 0.15) is 0 Å². The molecule has 0 fully saturated rings. The summed E-state index contributed by atoms with van der Waals surface area (Å²) < 4.78 is 2.23. The summed E-state index contributed by atoms with van der Waals surface area (Å²) in [5.74, 6) is 0. The van der Waals surface area contributed by atoms with E-state index in [9.17, 15) is 4.89 Å². The molecule has 80 valence electrons. The fourth-order valence-electron chi connectivity index (χ4n) is 2.09. The fourth-order valence-corrected chi connectivity index (χ4v) is 5.07. The van der Waals surface area contributed by atoms with Gasteiger partial charge in [-0.1, -0.05) is 0 Å². The van der Waals surface area contributed by atoms with Gasteiger partial charge in [-0.25, -0.2) is 0 Å². The van der Waals surface area contributed by atoms with Crippen LogP contribution in [0, 0.1) is 0 Å². The number of hydrogen-bond donors (Lipinski definition) is 1. The Morgan fingerprint density at radius 1 is 1.31 bits per heavy atom. The van der Waals surface area contributed by atoms with Crippen molar-refractivity contribution in [3.8, 4) is 0 Å². The molecule has 0 rings (SSSR count). The molecular weight excluding hydrogens is 181 g/mol. The first-order chi connectivity index (χ1) is 5.83. The summed E-state index contributed by atoms with van der Waals surface area (Å²) in [5, 5.41) is 0. The molecule has 1 N–H and O–H groups in total. The van der Waals surface area contributed by atoms with E-state index in [0.29, 0.717) is 12.1 Å². The van der Waals surface area contributed by atoms with E-state index in [4.69, 9.17) is 0 Å². The van der Waals surface area contributed by atoms with Crippen LogP contribution in [0.2, 0.25) is 0 Å². The molecule has 0 aliphatic rings. The zero-order chi connectivity index (χ0) is 10.6. The van der Waals surface area contributed by atoms with E-state index in [1.165, 1.54) is 0 Å². The number of hydrogen-bond acceptors (Lipinski definition) is 2. The van der Waals surface area contributed by atoms with Gasteiger partial charge >= 0.3 is 82.5 Å². The molecule has 0 saturated heterocycles. The molecule has 2 nitrogen and oxygen atoms in total. The molecule has 0 saturated carbocycles. The first-order valence-electron chi connectivity index (χ1n) is 4.94. The zero-order valence-electron chi connectivity index (χ0n) is 9.54. The minimum absolute atomic E-state index is 0.404. The van der Waals surface area contributed by atoms with Crippen molar-refractivity contribution in [2.24, 2.45) is 0 Å². The van der Waals surface area contributed by atoms with Crippen LogP contribution in [-0.2, 0) is 0 Å². The Balaban J connectivity index is 4.61. The van der Waals surface area contributed by atoms with E-state index in [0.717, 1.165) is 6.16 Å². The second kappa shape index (κ2) is 5.09. The third-order valence-corrected chi connectivity index (χ3v) is 5.41. The third-order valence-electron chi connectivity index (χ3n) is 2.20. The van der Waals surface area contributed by atoms with Crippen molar-refractivity contribution >= 4 is 7.64 Å². The van der Waals surface area contributed by atoms with Crippen molar-refractivity contribution in [1.82, 2.24) is 4.67 Å². The first-order valence-corrected chi connectivity index (χ1v) is 7.54. The molecule has 0 aliphatic heterocycles. The topological polar surface area (TPSA) is 23.5 Å². The van der Waals surface area contributed by atoms with Gasteiger partial charge in [-0.05, 0) is 0 Å². The van der Waals surface area contributed by atoms with Gasteiger partial charge in [0.15, 0.2) is 0 Å². The second-order valence-electron chi connectivity index (χ2n) is 4.30. The summed E-state index contributed by atoms with van der Waals surface area (Å²) in [5.41, 5.74) is 0. The summed E-state index contributed by atoms with van der Waals surface area (Å²) >= 11 is 0. The van der Waals surface area contributed by atoms with Crippen LogP contribution in [0.4, 0.5) is 0 Å². The molecule has 0 bridgehead atoms. The van der Waals surface area contributed by atoms with Crippen molar-refractivity contribution in [2.45, 2.75) is 39.8 Å². The summed E-state index contributed by atoms with van der Waals surface area (Å²) in [6, 6.07) is 0.809. The molecule has 0 spiro atoms. The summed E-state index contributed by atoms with van der Waals surface area (Å²) in [4.78, 5) is 10.3. The molecule has 0 atom stereocenters. The molecule has 0 aliphatic carbocycles. The van der Waals surface area contributed by atoms with Gasteiger partial charge in [0.2, 0.25) is 0 Å². The average molecular weight is 205 g/mol. The van der Waals surface area contributed by atoms with E-state index in [1.807, 2.05) is 12.7 Å². The van der Waals surface area contributed by atoms with Crippen molar-refractivity contribution < 1.29 is 4.89 Å². The van der Waals surface area contributed by atoms with E-state index in [-0.39, 0.29) is 0 Å². The third kappa shape index (κ3) is 3.76. The first kappa shape index (κ1) is 13.1. The van der Waals surface area contributed by atoms with Crippen molar-refractivity contribution in [2.75, 3.05) is 12.8 Å². The van der Waals surface area contributed by atoms with Crippen molar-refractivity contribution in [3.05, 3.63) is 12.7 Å². The van der Waals surface area contributed by atoms with Crippen LogP contribution in [0.5, 0.6) is 0 Å². The summed E-state index contributed by atoms with van der Waals surface area (Å²) in [6.07, 6.45) is 2.56. The standard InChI is InChI=1S/C10H24NOP/c1-7-8-13(6,12)11(9(2)3)10(4)5/h7,9-10,12-13H,1,8H2,2-6H3. The van der Waals surface area contributed by atoms with E-state index >= 15 is 0 Å². The van der Waals surface area contributed by atoms with Crippen LogP contribution < -0.4 is 0 Å². The summed E-state index contributed by atoms with van der Waals surface area (Å²) in [6.45, 7) is 14.2. The zero-order valence-corrected chi connectivity index (χ0v) is 10.5. The van der Waals surface area contributed by atoms with Crippen LogP contribution in [0.25, 0.3) is 0 Å². The van der Waals surface area contributed by atoms with E-state index in [2.05, 4.69) is 38.9 Å². The van der Waals surface area contributed by atoms with Gasteiger partial charge in [0.05, 0.1) is 0 Å². The predicted octanol–water partition coefficient (Wildman–Crippen LogP) is 2.49. The van der Waals surface area contributed by atoms with E-state index < -0.39 is 7.64 Å². The van der Waals surface area contributed by atoms with Crippen molar-refractivity contribution in [3.63, 3.8) is 0 Å². The van der Waals surface area contributed by atoms with Gasteiger partial charge in [-0.3, -0.25) is 0 Å². The maximum absolute atomic E-state index is 10.3. The average Bonchev–Trinajstić information content (AvgIpc) is 1.82. The van der Waals surface area contributed by atoms with Gasteiger partial charge < -0.3 is 0 Å². The predicted molar refractivity (Wildman–Crippen MR) is 63.6 cm³/mol. The molecular formula is C10H24NOP. The number of rotatable bonds is 5. The molecule has 0 aromatic rings. The summed E-state index contributed by atoms with van der Waals surface area (Å²) in [7, 11) is -2.24. The molecule has 0 heterocycles. The minimum atomic E-state index is -2.24. The van der Waals surface area contributed by atoms with Crippen LogP contribution in [0.15, 0.2) is 12.7 Å². The molecule has 13 heavy (non-hydrogen) atoms. The molecule has 0 aromatic heterocycles.